The number of halogens is 1. The van der Waals surface area contributed by atoms with Crippen molar-refractivity contribution in [1.29, 1.82) is 0 Å². The third kappa shape index (κ3) is 5.82. The second kappa shape index (κ2) is 10.2. The second-order valence-electron chi connectivity index (χ2n) is 8.69. The number of ether oxygens (including phenoxy) is 1. The van der Waals surface area contributed by atoms with Crippen molar-refractivity contribution in [1.82, 2.24) is 9.62 Å². The van der Waals surface area contributed by atoms with Gasteiger partial charge in [0.05, 0.1) is 11.5 Å². The molecule has 0 spiro atoms. The fraction of sp³-hybridized carbons (Fsp3) is 0.458. The van der Waals surface area contributed by atoms with Crippen molar-refractivity contribution in [3.05, 3.63) is 59.1 Å². The molecule has 1 saturated heterocycles. The Labute approximate surface area is 196 Å². The van der Waals surface area contributed by atoms with Gasteiger partial charge in [0.15, 0.2) is 0 Å². The van der Waals surface area contributed by atoms with Gasteiger partial charge < -0.3 is 10.1 Å². The third-order valence-corrected chi connectivity index (χ3v) is 8.06. The minimum absolute atomic E-state index is 0.0294. The average Bonchev–Trinajstić information content (AvgIpc) is 2.78. The zero-order chi connectivity index (χ0) is 23.4. The standard InChI is InChI=1S/C24H31ClN2O4S/c1-4-31-21-8-10-22(11-9-21)32(29,30)27-14-12-18(13-15-27)23(28)26-17-24(2,3)19-6-5-7-20(25)16-19/h5-11,16,18H,4,12-15,17H2,1-3H3,(H,26,28). The lowest BCUT2D eigenvalue weighted by Gasteiger charge is -2.32. The van der Waals surface area contributed by atoms with E-state index < -0.39 is 10.0 Å². The highest BCUT2D eigenvalue weighted by Crippen LogP contribution is 2.27. The zero-order valence-corrected chi connectivity index (χ0v) is 20.4. The maximum Gasteiger partial charge on any atom is 0.243 e. The number of hydrogen-bond acceptors (Lipinski definition) is 4. The van der Waals surface area contributed by atoms with E-state index in [1.807, 2.05) is 31.2 Å². The molecule has 32 heavy (non-hydrogen) atoms. The second-order valence-corrected chi connectivity index (χ2v) is 11.1. The van der Waals surface area contributed by atoms with Crippen LogP contribution in [0, 0.1) is 5.92 Å². The van der Waals surface area contributed by atoms with Crippen molar-refractivity contribution in [2.24, 2.45) is 5.92 Å². The molecule has 0 aliphatic carbocycles. The van der Waals surface area contributed by atoms with Crippen molar-refractivity contribution >= 4 is 27.5 Å². The summed E-state index contributed by atoms with van der Waals surface area (Å²) in [4.78, 5) is 13.0. The quantitative estimate of drug-likeness (QED) is 0.616. The van der Waals surface area contributed by atoms with Crippen molar-refractivity contribution < 1.29 is 17.9 Å². The summed E-state index contributed by atoms with van der Waals surface area (Å²) in [6, 6.07) is 14.1. The molecular weight excluding hydrogens is 448 g/mol. The van der Waals surface area contributed by atoms with Gasteiger partial charge in [0.25, 0.3) is 0 Å². The van der Waals surface area contributed by atoms with Crippen molar-refractivity contribution in [2.75, 3.05) is 26.2 Å². The molecule has 174 valence electrons. The lowest BCUT2D eigenvalue weighted by molar-refractivity contribution is -0.126. The van der Waals surface area contributed by atoms with Gasteiger partial charge in [-0.05, 0) is 61.7 Å². The molecule has 3 rings (SSSR count). The van der Waals surface area contributed by atoms with Crippen LogP contribution < -0.4 is 10.1 Å². The van der Waals surface area contributed by atoms with Crippen molar-refractivity contribution in [2.45, 2.75) is 43.9 Å². The number of nitrogens with one attached hydrogen (secondary N) is 1. The van der Waals surface area contributed by atoms with E-state index in [4.69, 9.17) is 16.3 Å². The van der Waals surface area contributed by atoms with Crippen LogP contribution in [-0.2, 0) is 20.2 Å². The van der Waals surface area contributed by atoms with Gasteiger partial charge in [0, 0.05) is 36.0 Å². The van der Waals surface area contributed by atoms with Gasteiger partial charge in [-0.1, -0.05) is 37.6 Å². The van der Waals surface area contributed by atoms with Gasteiger partial charge in [0.2, 0.25) is 15.9 Å². The summed E-state index contributed by atoms with van der Waals surface area (Å²) >= 11 is 6.10. The number of benzene rings is 2. The first-order chi connectivity index (χ1) is 15.1. The van der Waals surface area contributed by atoms with Crippen LogP contribution in [0.3, 0.4) is 0 Å². The first-order valence-electron chi connectivity index (χ1n) is 10.9. The zero-order valence-electron chi connectivity index (χ0n) is 18.8. The summed E-state index contributed by atoms with van der Waals surface area (Å²) in [5, 5.41) is 3.72. The first-order valence-corrected chi connectivity index (χ1v) is 12.7. The summed E-state index contributed by atoms with van der Waals surface area (Å²) in [6.45, 7) is 7.66. The Bertz CT molecular complexity index is 1030. The minimum Gasteiger partial charge on any atom is -0.494 e. The lowest BCUT2D eigenvalue weighted by Crippen LogP contribution is -2.45. The molecule has 6 nitrogen and oxygen atoms in total. The van der Waals surface area contributed by atoms with Gasteiger partial charge >= 0.3 is 0 Å². The number of rotatable bonds is 8. The molecule has 0 aromatic heterocycles. The monoisotopic (exact) mass is 478 g/mol. The van der Waals surface area contributed by atoms with E-state index in [0.717, 1.165) is 5.56 Å². The fourth-order valence-corrected chi connectivity index (χ4v) is 5.51. The molecule has 1 heterocycles. The normalized spacial score (nSPS) is 16.0. The van der Waals surface area contributed by atoms with E-state index in [0.29, 0.717) is 49.9 Å². The van der Waals surface area contributed by atoms with Crippen LogP contribution in [0.1, 0.15) is 39.2 Å². The predicted octanol–water partition coefficient (Wildman–Crippen LogP) is 4.23. The number of nitrogens with zero attached hydrogens (tertiary/aromatic N) is 1. The van der Waals surface area contributed by atoms with Crippen LogP contribution in [0.4, 0.5) is 0 Å². The molecule has 1 aliphatic rings. The molecule has 0 radical (unpaired) electrons. The van der Waals surface area contributed by atoms with Crippen molar-refractivity contribution in [3.8, 4) is 5.75 Å². The van der Waals surface area contributed by atoms with Crippen LogP contribution in [0.15, 0.2) is 53.4 Å². The highest BCUT2D eigenvalue weighted by molar-refractivity contribution is 7.89. The number of piperidine rings is 1. The summed E-state index contributed by atoms with van der Waals surface area (Å²) in [7, 11) is -3.58. The van der Waals surface area contributed by atoms with Crippen LogP contribution >= 0.6 is 11.6 Å². The Morgan fingerprint density at radius 2 is 1.81 bits per heavy atom. The maximum atomic E-state index is 12.9. The first kappa shape index (κ1) is 24.6. The largest absolute Gasteiger partial charge is 0.494 e. The van der Waals surface area contributed by atoms with E-state index >= 15 is 0 Å². The summed E-state index contributed by atoms with van der Waals surface area (Å²) < 4.78 is 32.7. The molecule has 0 saturated carbocycles. The Kier molecular flexibility index (Phi) is 7.85. The maximum absolute atomic E-state index is 12.9. The third-order valence-electron chi connectivity index (χ3n) is 5.91. The summed E-state index contributed by atoms with van der Waals surface area (Å²) in [6.07, 6.45) is 0.999. The van der Waals surface area contributed by atoms with Gasteiger partial charge in [0.1, 0.15) is 5.75 Å². The number of amides is 1. The number of carbonyl (C=O) groups excluding carboxylic acids is 1. The molecule has 1 amide bonds. The van der Waals surface area contributed by atoms with Crippen molar-refractivity contribution in [3.63, 3.8) is 0 Å². The topological polar surface area (TPSA) is 75.7 Å². The minimum atomic E-state index is -3.58. The van der Waals surface area contributed by atoms with Gasteiger partial charge in [-0.15, -0.1) is 0 Å². The molecular formula is C24H31ClN2O4S. The molecule has 8 heteroatoms. The van der Waals surface area contributed by atoms with Gasteiger partial charge in [-0.3, -0.25) is 4.79 Å². The van der Waals surface area contributed by atoms with E-state index in [1.165, 1.54) is 4.31 Å². The Balaban J connectivity index is 1.55. The number of hydrogen-bond donors (Lipinski definition) is 1. The van der Waals surface area contributed by atoms with Crippen LogP contribution in [0.2, 0.25) is 5.02 Å². The lowest BCUT2D eigenvalue weighted by atomic mass is 9.84. The van der Waals surface area contributed by atoms with E-state index in [2.05, 4.69) is 19.2 Å². The fourth-order valence-electron chi connectivity index (χ4n) is 3.85. The smallest absolute Gasteiger partial charge is 0.243 e. The summed E-state index contributed by atoms with van der Waals surface area (Å²) in [5.74, 6) is 0.415. The molecule has 1 N–H and O–H groups in total. The van der Waals surface area contributed by atoms with Crippen LogP contribution in [-0.4, -0.2) is 44.9 Å². The van der Waals surface area contributed by atoms with E-state index in [9.17, 15) is 13.2 Å². The molecule has 2 aromatic carbocycles. The Morgan fingerprint density at radius 1 is 1.16 bits per heavy atom. The van der Waals surface area contributed by atoms with E-state index in [-0.39, 0.29) is 22.1 Å². The predicted molar refractivity (Wildman–Crippen MR) is 127 cm³/mol. The highest BCUT2D eigenvalue weighted by atomic mass is 35.5. The number of carbonyl (C=O) groups is 1. The Morgan fingerprint density at radius 3 is 2.41 bits per heavy atom. The molecule has 1 fully saturated rings. The SMILES string of the molecule is CCOc1ccc(S(=O)(=O)N2CCC(C(=O)NCC(C)(C)c3cccc(Cl)c3)CC2)cc1. The molecule has 0 atom stereocenters. The molecule has 1 aliphatic heterocycles. The van der Waals surface area contributed by atoms with E-state index in [1.54, 1.807) is 24.3 Å². The summed E-state index contributed by atoms with van der Waals surface area (Å²) in [5.41, 5.74) is 0.791. The highest BCUT2D eigenvalue weighted by Gasteiger charge is 2.33. The van der Waals surface area contributed by atoms with Gasteiger partial charge in [-0.25, -0.2) is 8.42 Å². The molecule has 2 aromatic rings. The number of sulfonamides is 1. The van der Waals surface area contributed by atoms with Gasteiger partial charge in [-0.2, -0.15) is 4.31 Å². The average molecular weight is 479 g/mol. The molecule has 0 bridgehead atoms. The van der Waals surface area contributed by atoms with Crippen LogP contribution in [0.5, 0.6) is 5.75 Å². The molecule has 0 unspecified atom stereocenters. The Hall–Kier alpha value is -2.09. The van der Waals surface area contributed by atoms with Crippen LogP contribution in [0.25, 0.3) is 0 Å².